The molecule has 2 atom stereocenters. The van der Waals surface area contributed by atoms with Gasteiger partial charge in [-0.25, -0.2) is 0 Å². The second-order valence-electron chi connectivity index (χ2n) is 4.01. The molecule has 3 nitrogen and oxygen atoms in total. The van der Waals surface area contributed by atoms with Gasteiger partial charge in [0.2, 0.25) is 0 Å². The molecule has 2 heterocycles. The number of nitrogens with zero attached hydrogens (tertiary/aromatic N) is 1. The van der Waals surface area contributed by atoms with E-state index < -0.39 is 6.11 Å². The van der Waals surface area contributed by atoms with Crippen molar-refractivity contribution in [2.24, 2.45) is 0 Å². The van der Waals surface area contributed by atoms with Crippen LogP contribution in [0.25, 0.3) is 0 Å². The Morgan fingerprint density at radius 3 is 3.19 bits per heavy atom. The minimum absolute atomic E-state index is 0.457. The van der Waals surface area contributed by atoms with Crippen LogP contribution in [0.15, 0.2) is 24.3 Å². The predicted molar refractivity (Wildman–Crippen MR) is 66.7 cm³/mol. The van der Waals surface area contributed by atoms with Crippen molar-refractivity contribution >= 4 is 26.9 Å². The molecule has 2 aliphatic heterocycles. The van der Waals surface area contributed by atoms with E-state index in [1.54, 1.807) is 0 Å². The SMILES string of the molecule is CCOP1(=[Se])OC[C@@H]2Cc3ccccc3N21. The van der Waals surface area contributed by atoms with Crippen LogP contribution in [0, 0.1) is 0 Å². The summed E-state index contributed by atoms with van der Waals surface area (Å²) in [5, 5.41) is 0. The first-order chi connectivity index (χ1) is 7.74. The maximum absolute atomic E-state index is 5.86. The average Bonchev–Trinajstić information content (AvgIpc) is 2.78. The van der Waals surface area contributed by atoms with E-state index in [0.717, 1.165) is 13.0 Å². The molecule has 0 aliphatic carbocycles. The van der Waals surface area contributed by atoms with E-state index in [-0.39, 0.29) is 0 Å². The number of para-hydroxylation sites is 1. The summed E-state index contributed by atoms with van der Waals surface area (Å²) < 4.78 is 14.0. The molecule has 1 aromatic carbocycles. The summed E-state index contributed by atoms with van der Waals surface area (Å²) in [5.41, 5.74) is 2.70. The number of rotatable bonds is 2. The van der Waals surface area contributed by atoms with Crippen LogP contribution in [0.2, 0.25) is 0 Å². The first-order valence-electron chi connectivity index (χ1n) is 5.51. The monoisotopic (exact) mass is 303 g/mol. The summed E-state index contributed by atoms with van der Waals surface area (Å²) in [7, 11) is 0. The Kier molecular flexibility index (Phi) is 2.73. The van der Waals surface area contributed by atoms with Crippen molar-refractivity contribution in [3.8, 4) is 0 Å². The summed E-state index contributed by atoms with van der Waals surface area (Å²) in [6.45, 7) is 3.47. The normalized spacial score (nSPS) is 31.6. The van der Waals surface area contributed by atoms with E-state index in [0.29, 0.717) is 12.6 Å². The third-order valence-electron chi connectivity index (χ3n) is 3.03. The fourth-order valence-corrected chi connectivity index (χ4v) is 6.87. The van der Waals surface area contributed by atoms with Crippen LogP contribution in [0.3, 0.4) is 0 Å². The van der Waals surface area contributed by atoms with Gasteiger partial charge in [0.25, 0.3) is 0 Å². The van der Waals surface area contributed by atoms with Gasteiger partial charge in [-0.3, -0.25) is 0 Å². The third-order valence-corrected chi connectivity index (χ3v) is 7.59. The molecule has 1 aromatic rings. The van der Waals surface area contributed by atoms with E-state index in [1.807, 2.05) is 6.92 Å². The summed E-state index contributed by atoms with van der Waals surface area (Å²) in [6, 6.07) is 9.00. The number of anilines is 1. The molecule has 16 heavy (non-hydrogen) atoms. The van der Waals surface area contributed by atoms with Gasteiger partial charge in [-0.15, -0.1) is 0 Å². The minimum atomic E-state index is -1.95. The zero-order valence-corrected chi connectivity index (χ0v) is 11.7. The fraction of sp³-hybridized carbons (Fsp3) is 0.455. The van der Waals surface area contributed by atoms with Crippen molar-refractivity contribution < 1.29 is 9.05 Å². The molecule has 86 valence electrons. The molecule has 0 spiro atoms. The van der Waals surface area contributed by atoms with Gasteiger partial charge in [0, 0.05) is 0 Å². The molecule has 0 N–H and O–H groups in total. The van der Waals surface area contributed by atoms with Crippen LogP contribution < -0.4 is 4.67 Å². The first kappa shape index (κ1) is 11.0. The van der Waals surface area contributed by atoms with E-state index in [9.17, 15) is 0 Å². The molecule has 0 aromatic heterocycles. The van der Waals surface area contributed by atoms with Gasteiger partial charge in [-0.05, 0) is 0 Å². The number of hydrogen-bond acceptors (Lipinski definition) is 3. The molecular formula is C11H14NO2PSe. The van der Waals surface area contributed by atoms with E-state index >= 15 is 0 Å². The standard InChI is InChI=1S/C11H14NO2PSe/c1-2-13-15(16)12-10(8-14-15)7-9-5-3-4-6-11(9)12/h3-6,10H,2,7-8H2,1H3/t10-,15?/m0/s1. The molecule has 3 rings (SSSR count). The van der Waals surface area contributed by atoms with Crippen molar-refractivity contribution in [2.75, 3.05) is 17.9 Å². The number of hydrogen-bond donors (Lipinski definition) is 0. The second kappa shape index (κ2) is 3.97. The van der Waals surface area contributed by atoms with Crippen LogP contribution in [0.5, 0.6) is 0 Å². The molecular weight excluding hydrogens is 288 g/mol. The Hall–Kier alpha value is -0.111. The van der Waals surface area contributed by atoms with Gasteiger partial charge >= 0.3 is 103 Å². The van der Waals surface area contributed by atoms with Crippen LogP contribution in [0.1, 0.15) is 12.5 Å². The Morgan fingerprint density at radius 1 is 1.56 bits per heavy atom. The van der Waals surface area contributed by atoms with Crippen molar-refractivity contribution in [3.63, 3.8) is 0 Å². The van der Waals surface area contributed by atoms with Gasteiger partial charge in [0.05, 0.1) is 0 Å². The van der Waals surface area contributed by atoms with E-state index in [4.69, 9.17) is 9.05 Å². The van der Waals surface area contributed by atoms with Gasteiger partial charge in [-0.2, -0.15) is 0 Å². The maximum atomic E-state index is 5.86. The van der Waals surface area contributed by atoms with E-state index in [1.165, 1.54) is 11.3 Å². The number of benzene rings is 1. The predicted octanol–water partition coefficient (Wildman–Crippen LogP) is 2.33. The third kappa shape index (κ3) is 1.53. The Balaban J connectivity index is 2.03. The fourth-order valence-electron chi connectivity index (χ4n) is 2.41. The molecule has 0 bridgehead atoms. The Labute approximate surface area is 103 Å². The van der Waals surface area contributed by atoms with E-state index in [2.05, 4.69) is 44.0 Å². The average molecular weight is 302 g/mol. The second-order valence-corrected chi connectivity index (χ2v) is 8.80. The molecule has 1 unspecified atom stereocenters. The van der Waals surface area contributed by atoms with Gasteiger partial charge in [0.15, 0.2) is 0 Å². The molecule has 1 saturated heterocycles. The van der Waals surface area contributed by atoms with Gasteiger partial charge in [0.1, 0.15) is 0 Å². The summed E-state index contributed by atoms with van der Waals surface area (Å²) in [5.74, 6) is 0. The van der Waals surface area contributed by atoms with Crippen LogP contribution >= 0.6 is 6.11 Å². The van der Waals surface area contributed by atoms with Crippen LogP contribution in [-0.2, 0) is 15.5 Å². The summed E-state index contributed by atoms with van der Waals surface area (Å²) in [6.07, 6.45) is -0.872. The zero-order valence-electron chi connectivity index (χ0n) is 9.13. The van der Waals surface area contributed by atoms with Crippen molar-refractivity contribution in [3.05, 3.63) is 29.8 Å². The molecule has 2 aliphatic rings. The topological polar surface area (TPSA) is 21.7 Å². The molecule has 0 radical (unpaired) electrons. The number of fused-ring (bicyclic) bond motifs is 3. The van der Waals surface area contributed by atoms with Crippen LogP contribution in [0.4, 0.5) is 5.69 Å². The molecule has 1 fully saturated rings. The summed E-state index contributed by atoms with van der Waals surface area (Å²) >= 11 is 3.16. The summed E-state index contributed by atoms with van der Waals surface area (Å²) in [4.78, 5) is 0. The Morgan fingerprint density at radius 2 is 2.38 bits per heavy atom. The van der Waals surface area contributed by atoms with Gasteiger partial charge < -0.3 is 0 Å². The Bertz CT molecular complexity index is 459. The zero-order chi connectivity index (χ0) is 11.2. The molecule has 5 heteroatoms. The van der Waals surface area contributed by atoms with Crippen molar-refractivity contribution in [1.82, 2.24) is 0 Å². The molecule has 0 saturated carbocycles. The first-order valence-corrected chi connectivity index (χ1v) is 9.31. The van der Waals surface area contributed by atoms with Crippen molar-refractivity contribution in [1.29, 1.82) is 0 Å². The van der Waals surface area contributed by atoms with Gasteiger partial charge in [-0.1, -0.05) is 0 Å². The quantitative estimate of drug-likeness (QED) is 0.618. The van der Waals surface area contributed by atoms with Crippen molar-refractivity contribution in [2.45, 2.75) is 19.4 Å². The van der Waals surface area contributed by atoms with Crippen LogP contribution in [-0.4, -0.2) is 34.4 Å². The molecule has 0 amide bonds.